The summed E-state index contributed by atoms with van der Waals surface area (Å²) in [5.74, 6) is 0.879. The highest BCUT2D eigenvalue weighted by Crippen LogP contribution is 2.37. The molecule has 0 aliphatic heterocycles. The number of nitrogens with zero attached hydrogens (tertiary/aromatic N) is 1. The van der Waals surface area contributed by atoms with Gasteiger partial charge in [0.2, 0.25) is 0 Å². The first-order valence-corrected chi connectivity index (χ1v) is 9.18. The molecule has 1 aliphatic carbocycles. The first kappa shape index (κ1) is 18.0. The van der Waals surface area contributed by atoms with E-state index in [9.17, 15) is 0 Å². The van der Waals surface area contributed by atoms with Gasteiger partial charge in [0.25, 0.3) is 0 Å². The lowest BCUT2D eigenvalue weighted by molar-refractivity contribution is 0.0192. The van der Waals surface area contributed by atoms with Crippen LogP contribution < -0.4 is 5.32 Å². The Morgan fingerprint density at radius 1 is 0.950 bits per heavy atom. The molecule has 1 saturated carbocycles. The largest absolute Gasteiger partial charge is 0.312 e. The molecule has 0 aromatic rings. The van der Waals surface area contributed by atoms with Gasteiger partial charge in [0.05, 0.1) is 0 Å². The van der Waals surface area contributed by atoms with E-state index >= 15 is 0 Å². The maximum atomic E-state index is 3.90. The Balaban J connectivity index is 3.02. The van der Waals surface area contributed by atoms with E-state index in [-0.39, 0.29) is 0 Å². The maximum Gasteiger partial charge on any atom is 0.0359 e. The van der Waals surface area contributed by atoms with Crippen LogP contribution in [0.25, 0.3) is 0 Å². The molecule has 20 heavy (non-hydrogen) atoms. The Morgan fingerprint density at radius 3 is 1.90 bits per heavy atom. The molecule has 2 nitrogen and oxygen atoms in total. The lowest BCUT2D eigenvalue weighted by Gasteiger charge is -2.51. The summed E-state index contributed by atoms with van der Waals surface area (Å²) in [5, 5.41) is 3.90. The van der Waals surface area contributed by atoms with Crippen molar-refractivity contribution in [3.63, 3.8) is 0 Å². The van der Waals surface area contributed by atoms with Crippen LogP contribution in [0.4, 0.5) is 0 Å². The second kappa shape index (κ2) is 9.04. The highest BCUT2D eigenvalue weighted by atomic mass is 15.2. The molecule has 0 radical (unpaired) electrons. The topological polar surface area (TPSA) is 15.3 Å². The summed E-state index contributed by atoms with van der Waals surface area (Å²) in [7, 11) is 0. The van der Waals surface area contributed by atoms with E-state index in [1.165, 1.54) is 58.0 Å². The van der Waals surface area contributed by atoms with Gasteiger partial charge in [0.1, 0.15) is 0 Å². The van der Waals surface area contributed by atoms with Crippen molar-refractivity contribution in [2.24, 2.45) is 5.92 Å². The van der Waals surface area contributed by atoms with Crippen LogP contribution in [0.2, 0.25) is 0 Å². The number of hydrogen-bond donors (Lipinski definition) is 1. The second-order valence-electron chi connectivity index (χ2n) is 6.42. The van der Waals surface area contributed by atoms with Crippen molar-refractivity contribution >= 4 is 0 Å². The van der Waals surface area contributed by atoms with Gasteiger partial charge in [-0.25, -0.2) is 0 Å². The third kappa shape index (κ3) is 3.76. The number of nitrogens with one attached hydrogen (secondary N) is 1. The quantitative estimate of drug-likeness (QED) is 0.672. The predicted octanol–water partition coefficient (Wildman–Crippen LogP) is 4.45. The summed E-state index contributed by atoms with van der Waals surface area (Å²) < 4.78 is 0. The van der Waals surface area contributed by atoms with Crippen molar-refractivity contribution in [1.82, 2.24) is 10.2 Å². The lowest BCUT2D eigenvalue weighted by Crippen LogP contribution is -2.63. The van der Waals surface area contributed by atoms with Gasteiger partial charge < -0.3 is 5.32 Å². The summed E-state index contributed by atoms with van der Waals surface area (Å²) in [6, 6.07) is 0.669. The molecule has 1 fully saturated rings. The highest BCUT2D eigenvalue weighted by molar-refractivity contribution is 5.02. The average Bonchev–Trinajstić information content (AvgIpc) is 2.52. The molecule has 1 rings (SSSR count). The van der Waals surface area contributed by atoms with E-state index in [1.807, 2.05) is 0 Å². The maximum absolute atomic E-state index is 3.90. The molecule has 1 unspecified atom stereocenters. The zero-order valence-corrected chi connectivity index (χ0v) is 14.7. The molecule has 0 aromatic heterocycles. The molecule has 0 saturated heterocycles. The van der Waals surface area contributed by atoms with Gasteiger partial charge in [-0.3, -0.25) is 4.90 Å². The molecule has 0 bridgehead atoms. The van der Waals surface area contributed by atoms with Crippen molar-refractivity contribution in [1.29, 1.82) is 0 Å². The van der Waals surface area contributed by atoms with Crippen LogP contribution in [0.5, 0.6) is 0 Å². The highest BCUT2D eigenvalue weighted by Gasteiger charge is 2.43. The van der Waals surface area contributed by atoms with Crippen LogP contribution in [-0.4, -0.2) is 36.1 Å². The summed E-state index contributed by atoms with van der Waals surface area (Å²) >= 11 is 0. The molecule has 2 heteroatoms. The van der Waals surface area contributed by atoms with Gasteiger partial charge >= 0.3 is 0 Å². The molecule has 1 atom stereocenters. The Morgan fingerprint density at radius 2 is 1.50 bits per heavy atom. The van der Waals surface area contributed by atoms with E-state index in [0.717, 1.165) is 12.5 Å². The molecule has 1 N–H and O–H groups in total. The molecule has 1 aliphatic rings. The summed E-state index contributed by atoms with van der Waals surface area (Å²) in [6.07, 6.45) is 9.72. The zero-order chi connectivity index (χ0) is 15.0. The zero-order valence-electron chi connectivity index (χ0n) is 14.7. The van der Waals surface area contributed by atoms with E-state index in [4.69, 9.17) is 0 Å². The van der Waals surface area contributed by atoms with Crippen LogP contribution >= 0.6 is 0 Å². The van der Waals surface area contributed by atoms with E-state index in [0.29, 0.717) is 11.6 Å². The van der Waals surface area contributed by atoms with E-state index in [1.54, 1.807) is 0 Å². The summed E-state index contributed by atoms with van der Waals surface area (Å²) in [4.78, 5) is 2.73. The molecule has 0 aromatic carbocycles. The summed E-state index contributed by atoms with van der Waals surface area (Å²) in [5.41, 5.74) is 0.349. The van der Waals surface area contributed by atoms with E-state index in [2.05, 4.69) is 44.8 Å². The third-order valence-corrected chi connectivity index (χ3v) is 5.74. The minimum atomic E-state index is 0.349. The fraction of sp³-hybridized carbons (Fsp3) is 1.00. The van der Waals surface area contributed by atoms with E-state index < -0.39 is 0 Å². The smallest absolute Gasteiger partial charge is 0.0359 e. The van der Waals surface area contributed by atoms with Crippen LogP contribution in [0, 0.1) is 5.92 Å². The second-order valence-corrected chi connectivity index (χ2v) is 6.42. The van der Waals surface area contributed by atoms with Crippen LogP contribution in [-0.2, 0) is 0 Å². The normalized spacial score (nSPS) is 19.5. The number of likely N-dealkylation sites (N-methyl/N-ethyl adjacent to an activating group) is 2. The Hall–Kier alpha value is -0.0800. The Kier molecular flexibility index (Phi) is 8.13. The molecule has 0 amide bonds. The minimum Gasteiger partial charge on any atom is -0.312 e. The van der Waals surface area contributed by atoms with Gasteiger partial charge in [-0.1, -0.05) is 53.9 Å². The predicted molar refractivity (Wildman–Crippen MR) is 90.3 cm³/mol. The molecule has 0 spiro atoms. The van der Waals surface area contributed by atoms with Gasteiger partial charge in [0, 0.05) is 11.6 Å². The van der Waals surface area contributed by atoms with Gasteiger partial charge in [-0.15, -0.1) is 0 Å². The minimum absolute atomic E-state index is 0.349. The lowest BCUT2D eigenvalue weighted by atomic mass is 9.71. The number of hydrogen-bond acceptors (Lipinski definition) is 2. The fourth-order valence-electron chi connectivity index (χ4n) is 4.67. The van der Waals surface area contributed by atoms with Crippen LogP contribution in [0.15, 0.2) is 0 Å². The van der Waals surface area contributed by atoms with Gasteiger partial charge in [-0.2, -0.15) is 0 Å². The van der Waals surface area contributed by atoms with Crippen molar-refractivity contribution < 1.29 is 0 Å². The van der Waals surface area contributed by atoms with Crippen LogP contribution in [0.1, 0.15) is 79.6 Å². The molecule has 120 valence electrons. The Labute approximate surface area is 127 Å². The summed E-state index contributed by atoms with van der Waals surface area (Å²) in [6.45, 7) is 15.2. The fourth-order valence-corrected chi connectivity index (χ4v) is 4.67. The van der Waals surface area contributed by atoms with Gasteiger partial charge in [-0.05, 0) is 51.2 Å². The first-order chi connectivity index (χ1) is 9.69. The standard InChI is InChI=1S/C18H38N2/c1-6-18(7-2,20(9-4)10-5)17(19-8-3)16-14-12-11-13-15-16/h16-17,19H,6-15H2,1-5H3. The molecule has 0 heterocycles. The third-order valence-electron chi connectivity index (χ3n) is 5.74. The monoisotopic (exact) mass is 282 g/mol. The van der Waals surface area contributed by atoms with Crippen molar-refractivity contribution in [2.45, 2.75) is 91.1 Å². The van der Waals surface area contributed by atoms with Crippen LogP contribution in [0.3, 0.4) is 0 Å². The SMILES string of the molecule is CCNC(C1CCCCC1)C(CC)(CC)N(CC)CC. The molecular formula is C18H38N2. The van der Waals surface area contributed by atoms with Crippen molar-refractivity contribution in [3.05, 3.63) is 0 Å². The van der Waals surface area contributed by atoms with Gasteiger partial charge in [0.15, 0.2) is 0 Å². The first-order valence-electron chi connectivity index (χ1n) is 9.18. The van der Waals surface area contributed by atoms with Crippen molar-refractivity contribution in [3.8, 4) is 0 Å². The number of rotatable bonds is 9. The van der Waals surface area contributed by atoms with Crippen molar-refractivity contribution in [2.75, 3.05) is 19.6 Å². The average molecular weight is 283 g/mol. The Bertz CT molecular complexity index is 238. The molecular weight excluding hydrogens is 244 g/mol.